The maximum Gasteiger partial charge on any atom is 0.322 e. The Morgan fingerprint density at radius 1 is 1.43 bits per heavy atom. The highest BCUT2D eigenvalue weighted by Gasteiger charge is 2.14. The minimum atomic E-state index is -0.212. The fourth-order valence-electron chi connectivity index (χ4n) is 1.83. The number of urea groups is 1. The Bertz CT molecular complexity index is 572. The number of carbonyl (C=O) groups excluding carboxylic acids is 1. The average Bonchev–Trinajstić information content (AvgIpc) is 2.96. The van der Waals surface area contributed by atoms with Gasteiger partial charge in [-0.2, -0.15) is 0 Å². The Balaban J connectivity index is 2.02. The first-order valence-corrected chi connectivity index (χ1v) is 6.88. The van der Waals surface area contributed by atoms with Crippen molar-refractivity contribution in [1.82, 2.24) is 4.90 Å². The van der Waals surface area contributed by atoms with Crippen molar-refractivity contribution in [3.8, 4) is 0 Å². The van der Waals surface area contributed by atoms with E-state index in [1.54, 1.807) is 48.8 Å². The molecule has 1 heterocycles. The summed E-state index contributed by atoms with van der Waals surface area (Å²) in [6.07, 6.45) is 3.20. The Morgan fingerprint density at radius 2 is 2.29 bits per heavy atom. The molecule has 0 unspecified atom stereocenters. The molecule has 1 N–H and O–H groups in total. The van der Waals surface area contributed by atoms with Crippen molar-refractivity contribution in [3.05, 3.63) is 53.4 Å². The normalized spacial score (nSPS) is 10.4. The minimum absolute atomic E-state index is 0.212. The van der Waals surface area contributed by atoms with Crippen LogP contribution in [0, 0.1) is 0 Å². The molecule has 0 aliphatic carbocycles. The number of ether oxygens (including phenoxy) is 1. The van der Waals surface area contributed by atoms with Gasteiger partial charge in [-0.15, -0.1) is 0 Å². The van der Waals surface area contributed by atoms with Gasteiger partial charge in [0.25, 0.3) is 0 Å². The molecule has 0 aliphatic rings. The highest BCUT2D eigenvalue weighted by molar-refractivity contribution is 6.30. The third-order valence-corrected chi connectivity index (χ3v) is 3.12. The standard InChI is InChI=1S/C15H17ClN2O3/c1-20-8-6-18(10-12-5-7-21-11-12)15(19)17-14-4-2-3-13(16)9-14/h2-5,7,9,11H,6,8,10H2,1H3,(H,17,19). The number of carbonyl (C=O) groups is 1. The lowest BCUT2D eigenvalue weighted by Gasteiger charge is -2.22. The van der Waals surface area contributed by atoms with Crippen LogP contribution in [-0.2, 0) is 11.3 Å². The maximum atomic E-state index is 12.3. The summed E-state index contributed by atoms with van der Waals surface area (Å²) in [5.74, 6) is 0. The van der Waals surface area contributed by atoms with E-state index in [1.807, 2.05) is 6.07 Å². The van der Waals surface area contributed by atoms with E-state index in [2.05, 4.69) is 5.32 Å². The number of nitrogens with zero attached hydrogens (tertiary/aromatic N) is 1. The third kappa shape index (κ3) is 4.81. The molecular formula is C15H17ClN2O3. The van der Waals surface area contributed by atoms with Gasteiger partial charge in [0, 0.05) is 29.9 Å². The fourth-order valence-corrected chi connectivity index (χ4v) is 2.02. The zero-order valence-corrected chi connectivity index (χ0v) is 12.5. The summed E-state index contributed by atoms with van der Waals surface area (Å²) >= 11 is 5.91. The molecule has 0 saturated carbocycles. The number of nitrogens with one attached hydrogen (secondary N) is 1. The number of anilines is 1. The van der Waals surface area contributed by atoms with Crippen LogP contribution in [0.4, 0.5) is 10.5 Å². The first kappa shape index (κ1) is 15.4. The van der Waals surface area contributed by atoms with E-state index in [1.165, 1.54) is 0 Å². The van der Waals surface area contributed by atoms with Gasteiger partial charge in [-0.25, -0.2) is 4.79 Å². The molecule has 5 nitrogen and oxygen atoms in total. The zero-order chi connectivity index (χ0) is 15.1. The molecule has 0 spiro atoms. The summed E-state index contributed by atoms with van der Waals surface area (Å²) in [7, 11) is 1.60. The van der Waals surface area contributed by atoms with Crippen LogP contribution in [0.3, 0.4) is 0 Å². The summed E-state index contributed by atoms with van der Waals surface area (Å²) in [4.78, 5) is 14.0. The van der Waals surface area contributed by atoms with E-state index in [9.17, 15) is 4.79 Å². The van der Waals surface area contributed by atoms with Gasteiger partial charge >= 0.3 is 6.03 Å². The van der Waals surface area contributed by atoms with Crippen LogP contribution < -0.4 is 5.32 Å². The lowest BCUT2D eigenvalue weighted by atomic mass is 10.3. The average molecular weight is 309 g/mol. The number of methoxy groups -OCH3 is 1. The van der Waals surface area contributed by atoms with Crippen LogP contribution in [0.15, 0.2) is 47.3 Å². The van der Waals surface area contributed by atoms with Gasteiger partial charge < -0.3 is 19.4 Å². The highest BCUT2D eigenvalue weighted by atomic mass is 35.5. The van der Waals surface area contributed by atoms with E-state index in [4.69, 9.17) is 20.8 Å². The number of hydrogen-bond donors (Lipinski definition) is 1. The molecule has 0 radical (unpaired) electrons. The molecule has 2 amide bonds. The number of amides is 2. The van der Waals surface area contributed by atoms with Crippen LogP contribution in [0.5, 0.6) is 0 Å². The largest absolute Gasteiger partial charge is 0.472 e. The molecule has 2 aromatic rings. The second-order valence-corrected chi connectivity index (χ2v) is 4.92. The van der Waals surface area contributed by atoms with E-state index in [-0.39, 0.29) is 6.03 Å². The number of furan rings is 1. The monoisotopic (exact) mass is 308 g/mol. The minimum Gasteiger partial charge on any atom is -0.472 e. The van der Waals surface area contributed by atoms with Crippen molar-refractivity contribution >= 4 is 23.3 Å². The zero-order valence-electron chi connectivity index (χ0n) is 11.7. The van der Waals surface area contributed by atoms with Gasteiger partial charge in [-0.1, -0.05) is 17.7 Å². The van der Waals surface area contributed by atoms with E-state index in [0.717, 1.165) is 5.56 Å². The van der Waals surface area contributed by atoms with Crippen molar-refractivity contribution < 1.29 is 13.9 Å². The second kappa shape index (κ2) is 7.71. The highest BCUT2D eigenvalue weighted by Crippen LogP contribution is 2.16. The second-order valence-electron chi connectivity index (χ2n) is 4.49. The van der Waals surface area contributed by atoms with E-state index < -0.39 is 0 Å². The van der Waals surface area contributed by atoms with Crippen LogP contribution in [0.1, 0.15) is 5.56 Å². The van der Waals surface area contributed by atoms with Crippen molar-refractivity contribution in [2.45, 2.75) is 6.54 Å². The van der Waals surface area contributed by atoms with Crippen LogP contribution >= 0.6 is 11.6 Å². The maximum absolute atomic E-state index is 12.3. The first-order valence-electron chi connectivity index (χ1n) is 6.50. The molecule has 0 atom stereocenters. The summed E-state index contributed by atoms with van der Waals surface area (Å²) < 4.78 is 10.1. The van der Waals surface area contributed by atoms with Crippen LogP contribution in [-0.4, -0.2) is 31.2 Å². The molecule has 6 heteroatoms. The summed E-state index contributed by atoms with van der Waals surface area (Å²) in [5, 5.41) is 3.40. The van der Waals surface area contributed by atoms with Crippen molar-refractivity contribution in [1.29, 1.82) is 0 Å². The molecule has 112 valence electrons. The Morgan fingerprint density at radius 3 is 2.95 bits per heavy atom. The van der Waals surface area contributed by atoms with Crippen molar-refractivity contribution in [3.63, 3.8) is 0 Å². The van der Waals surface area contributed by atoms with Crippen LogP contribution in [0.25, 0.3) is 0 Å². The Hall–Kier alpha value is -1.98. The van der Waals surface area contributed by atoms with Crippen LogP contribution in [0.2, 0.25) is 5.02 Å². The quantitative estimate of drug-likeness (QED) is 0.887. The number of hydrogen-bond acceptors (Lipinski definition) is 3. The van der Waals surface area contributed by atoms with E-state index >= 15 is 0 Å². The van der Waals surface area contributed by atoms with Gasteiger partial charge in [0.2, 0.25) is 0 Å². The molecule has 1 aromatic carbocycles. The summed E-state index contributed by atoms with van der Waals surface area (Å²) in [5.41, 5.74) is 1.58. The first-order chi connectivity index (χ1) is 10.2. The predicted octanol–water partition coefficient (Wildman–Crippen LogP) is 3.61. The van der Waals surface area contributed by atoms with Gasteiger partial charge in [0.05, 0.1) is 25.7 Å². The van der Waals surface area contributed by atoms with Crippen molar-refractivity contribution in [2.75, 3.05) is 25.6 Å². The van der Waals surface area contributed by atoms with Gasteiger partial charge in [-0.05, 0) is 24.3 Å². The summed E-state index contributed by atoms with van der Waals surface area (Å²) in [6.45, 7) is 1.39. The molecular weight excluding hydrogens is 292 g/mol. The lowest BCUT2D eigenvalue weighted by molar-refractivity contribution is 0.152. The van der Waals surface area contributed by atoms with E-state index in [0.29, 0.717) is 30.4 Å². The van der Waals surface area contributed by atoms with Gasteiger partial charge in [0.1, 0.15) is 0 Å². The fraction of sp³-hybridized carbons (Fsp3) is 0.267. The topological polar surface area (TPSA) is 54.7 Å². The number of halogens is 1. The van der Waals surface area contributed by atoms with Crippen molar-refractivity contribution in [2.24, 2.45) is 0 Å². The molecule has 21 heavy (non-hydrogen) atoms. The smallest absolute Gasteiger partial charge is 0.322 e. The van der Waals surface area contributed by atoms with Gasteiger partial charge in [0.15, 0.2) is 0 Å². The third-order valence-electron chi connectivity index (χ3n) is 2.88. The molecule has 2 rings (SSSR count). The molecule has 1 aromatic heterocycles. The lowest BCUT2D eigenvalue weighted by Crippen LogP contribution is -2.36. The Labute approximate surface area is 128 Å². The molecule has 0 fully saturated rings. The molecule has 0 saturated heterocycles. The summed E-state index contributed by atoms with van der Waals surface area (Å²) in [6, 6.07) is 8.64. The Kier molecular flexibility index (Phi) is 5.66. The molecule has 0 bridgehead atoms. The SMILES string of the molecule is COCCN(Cc1ccoc1)C(=O)Nc1cccc(Cl)c1. The number of benzene rings is 1. The predicted molar refractivity (Wildman–Crippen MR) is 81.5 cm³/mol. The molecule has 0 aliphatic heterocycles. The number of rotatable bonds is 6. The van der Waals surface area contributed by atoms with Gasteiger partial charge in [-0.3, -0.25) is 0 Å².